The van der Waals surface area contributed by atoms with Gasteiger partial charge in [-0.2, -0.15) is 5.10 Å². The van der Waals surface area contributed by atoms with Crippen molar-refractivity contribution in [2.24, 2.45) is 5.92 Å². The fourth-order valence-corrected chi connectivity index (χ4v) is 4.63. The maximum atomic E-state index is 12.0. The standard InChI is InChI=1S/C25H31N3O3/c1-5-31-25(29)19-8-6-18(7-9-19)22-12-16(2)10-11-28(22)15-21-20-14-26-27-24(20)17(3)13-23(21)30-4/h6-9,13-14,16,22H,5,10-12,15H2,1-4H3,(H,26,27)/t16-,22+/m1/s1. The summed E-state index contributed by atoms with van der Waals surface area (Å²) in [6.45, 7) is 8.40. The number of likely N-dealkylation sites (tertiary alicyclic amines) is 1. The van der Waals surface area contributed by atoms with Gasteiger partial charge in [-0.25, -0.2) is 4.79 Å². The number of esters is 1. The van der Waals surface area contributed by atoms with Gasteiger partial charge in [0.15, 0.2) is 0 Å². The van der Waals surface area contributed by atoms with E-state index < -0.39 is 0 Å². The highest BCUT2D eigenvalue weighted by atomic mass is 16.5. The lowest BCUT2D eigenvalue weighted by Gasteiger charge is -2.39. The number of rotatable bonds is 6. The van der Waals surface area contributed by atoms with E-state index in [0.717, 1.165) is 41.7 Å². The second kappa shape index (κ2) is 9.10. The van der Waals surface area contributed by atoms with Crippen LogP contribution in [0.5, 0.6) is 5.75 Å². The molecular weight excluding hydrogens is 390 g/mol. The summed E-state index contributed by atoms with van der Waals surface area (Å²) in [5.41, 5.74) is 5.19. The quantitative estimate of drug-likeness (QED) is 0.566. The predicted molar refractivity (Wildman–Crippen MR) is 121 cm³/mol. The van der Waals surface area contributed by atoms with Crippen LogP contribution in [0.25, 0.3) is 10.9 Å². The van der Waals surface area contributed by atoms with Crippen molar-refractivity contribution in [1.82, 2.24) is 15.1 Å². The third kappa shape index (κ3) is 4.30. The Bertz CT molecular complexity index is 1060. The number of ether oxygens (including phenoxy) is 2. The van der Waals surface area contributed by atoms with Crippen LogP contribution < -0.4 is 4.74 Å². The summed E-state index contributed by atoms with van der Waals surface area (Å²) in [7, 11) is 1.73. The second-order valence-corrected chi connectivity index (χ2v) is 8.49. The van der Waals surface area contributed by atoms with Crippen LogP contribution in [0.2, 0.25) is 0 Å². The number of benzene rings is 2. The van der Waals surface area contributed by atoms with E-state index in [-0.39, 0.29) is 12.0 Å². The van der Waals surface area contributed by atoms with Crippen molar-refractivity contribution in [2.45, 2.75) is 46.2 Å². The van der Waals surface area contributed by atoms with Crippen molar-refractivity contribution in [3.63, 3.8) is 0 Å². The number of carbonyl (C=O) groups is 1. The van der Waals surface area contributed by atoms with Crippen LogP contribution in [-0.4, -0.2) is 41.3 Å². The highest BCUT2D eigenvalue weighted by molar-refractivity contribution is 5.89. The van der Waals surface area contributed by atoms with E-state index >= 15 is 0 Å². The Labute approximate surface area is 183 Å². The van der Waals surface area contributed by atoms with E-state index in [1.165, 1.54) is 17.5 Å². The number of nitrogens with zero attached hydrogens (tertiary/aromatic N) is 2. The first-order valence-corrected chi connectivity index (χ1v) is 11.0. The molecule has 1 aliphatic heterocycles. The fraction of sp³-hybridized carbons (Fsp3) is 0.440. The van der Waals surface area contributed by atoms with Crippen molar-refractivity contribution < 1.29 is 14.3 Å². The van der Waals surface area contributed by atoms with Crippen LogP contribution >= 0.6 is 0 Å². The van der Waals surface area contributed by atoms with Crippen LogP contribution in [0.4, 0.5) is 0 Å². The van der Waals surface area contributed by atoms with E-state index in [2.05, 4.69) is 47.1 Å². The van der Waals surface area contributed by atoms with Gasteiger partial charge in [0, 0.05) is 23.5 Å². The molecule has 6 heteroatoms. The van der Waals surface area contributed by atoms with Crippen molar-refractivity contribution >= 4 is 16.9 Å². The SMILES string of the molecule is CCOC(=O)c1ccc([C@@H]2C[C@H](C)CCN2Cc2c(OC)cc(C)c3[nH]ncc23)cc1. The molecular formula is C25H31N3O3. The number of aryl methyl sites for hydroxylation is 1. The lowest BCUT2D eigenvalue weighted by molar-refractivity contribution is 0.0526. The zero-order valence-corrected chi connectivity index (χ0v) is 18.8. The average Bonchev–Trinajstić information content (AvgIpc) is 3.27. The van der Waals surface area contributed by atoms with Gasteiger partial charge in [0.1, 0.15) is 5.75 Å². The zero-order chi connectivity index (χ0) is 22.0. The molecule has 0 unspecified atom stereocenters. The molecule has 1 fully saturated rings. The van der Waals surface area contributed by atoms with Crippen molar-refractivity contribution in [3.8, 4) is 5.75 Å². The van der Waals surface area contributed by atoms with Crippen molar-refractivity contribution in [3.05, 3.63) is 58.8 Å². The van der Waals surface area contributed by atoms with Gasteiger partial charge in [-0.15, -0.1) is 0 Å². The number of hydrogen-bond acceptors (Lipinski definition) is 5. The number of hydrogen-bond donors (Lipinski definition) is 1. The number of methoxy groups -OCH3 is 1. The molecule has 164 valence electrons. The van der Waals surface area contributed by atoms with E-state index in [0.29, 0.717) is 18.1 Å². The lowest BCUT2D eigenvalue weighted by Crippen LogP contribution is -2.36. The summed E-state index contributed by atoms with van der Waals surface area (Å²) < 4.78 is 10.9. The molecule has 3 aromatic rings. The Kier molecular flexibility index (Phi) is 6.28. The molecule has 1 saturated heterocycles. The number of nitrogens with one attached hydrogen (secondary N) is 1. The summed E-state index contributed by atoms with van der Waals surface area (Å²) in [5, 5.41) is 8.52. The Morgan fingerprint density at radius 2 is 2.06 bits per heavy atom. The van der Waals surface area contributed by atoms with E-state index in [1.807, 2.05) is 25.3 Å². The van der Waals surface area contributed by atoms with Gasteiger partial charge in [-0.1, -0.05) is 19.1 Å². The number of aromatic nitrogens is 2. The molecule has 0 saturated carbocycles. The summed E-state index contributed by atoms with van der Waals surface area (Å²) >= 11 is 0. The molecule has 1 N–H and O–H groups in total. The topological polar surface area (TPSA) is 67.4 Å². The average molecular weight is 422 g/mol. The van der Waals surface area contributed by atoms with Gasteiger partial charge in [0.25, 0.3) is 0 Å². The third-order valence-corrected chi connectivity index (χ3v) is 6.37. The smallest absolute Gasteiger partial charge is 0.338 e. The molecule has 0 amide bonds. The molecule has 2 heterocycles. The lowest BCUT2D eigenvalue weighted by atomic mass is 9.87. The first kappa shape index (κ1) is 21.4. The predicted octanol–water partition coefficient (Wildman–Crippen LogP) is 5.03. The van der Waals surface area contributed by atoms with Crippen LogP contribution in [0, 0.1) is 12.8 Å². The molecule has 0 bridgehead atoms. The number of piperidine rings is 1. The van der Waals surface area contributed by atoms with Crippen molar-refractivity contribution in [2.75, 3.05) is 20.3 Å². The molecule has 6 nitrogen and oxygen atoms in total. The maximum absolute atomic E-state index is 12.0. The van der Waals surface area contributed by atoms with Gasteiger partial charge in [-0.3, -0.25) is 10.00 Å². The highest BCUT2D eigenvalue weighted by Crippen LogP contribution is 2.38. The molecule has 4 rings (SSSR count). The van der Waals surface area contributed by atoms with Crippen molar-refractivity contribution in [1.29, 1.82) is 0 Å². The van der Waals surface area contributed by atoms with Gasteiger partial charge in [-0.05, 0) is 68.5 Å². The molecule has 1 aliphatic rings. The summed E-state index contributed by atoms with van der Waals surface area (Å²) in [4.78, 5) is 14.6. The van der Waals surface area contributed by atoms with Crippen LogP contribution in [0.1, 0.15) is 59.8 Å². The molecule has 31 heavy (non-hydrogen) atoms. The Morgan fingerprint density at radius 1 is 1.29 bits per heavy atom. The first-order chi connectivity index (χ1) is 15.0. The molecule has 0 radical (unpaired) electrons. The Hall–Kier alpha value is -2.86. The first-order valence-electron chi connectivity index (χ1n) is 11.0. The molecule has 0 aliphatic carbocycles. The number of aromatic amines is 1. The zero-order valence-electron chi connectivity index (χ0n) is 18.8. The monoisotopic (exact) mass is 421 g/mol. The third-order valence-electron chi connectivity index (χ3n) is 6.37. The van der Waals surface area contributed by atoms with E-state index in [9.17, 15) is 4.79 Å². The van der Waals surface area contributed by atoms with E-state index in [4.69, 9.17) is 9.47 Å². The van der Waals surface area contributed by atoms with Gasteiger partial charge in [0.05, 0.1) is 31.0 Å². The largest absolute Gasteiger partial charge is 0.496 e. The minimum atomic E-state index is -0.269. The highest BCUT2D eigenvalue weighted by Gasteiger charge is 2.29. The van der Waals surface area contributed by atoms with Crippen LogP contribution in [0.3, 0.4) is 0 Å². The fourth-order valence-electron chi connectivity index (χ4n) is 4.63. The number of H-pyrrole nitrogens is 1. The van der Waals surface area contributed by atoms with Gasteiger partial charge < -0.3 is 9.47 Å². The number of fused-ring (bicyclic) bond motifs is 1. The minimum absolute atomic E-state index is 0.269. The molecule has 0 spiro atoms. The van der Waals surface area contributed by atoms with E-state index in [1.54, 1.807) is 7.11 Å². The van der Waals surface area contributed by atoms with Crippen LogP contribution in [-0.2, 0) is 11.3 Å². The Balaban J connectivity index is 1.65. The second-order valence-electron chi connectivity index (χ2n) is 8.49. The summed E-state index contributed by atoms with van der Waals surface area (Å²) in [6, 6.07) is 10.3. The van der Waals surface area contributed by atoms with Gasteiger partial charge in [0.2, 0.25) is 0 Å². The molecule has 2 aromatic carbocycles. The minimum Gasteiger partial charge on any atom is -0.496 e. The Morgan fingerprint density at radius 3 is 2.77 bits per heavy atom. The summed E-state index contributed by atoms with van der Waals surface area (Å²) in [6.07, 6.45) is 4.15. The number of carbonyl (C=O) groups excluding carboxylic acids is 1. The molecule has 2 atom stereocenters. The van der Waals surface area contributed by atoms with Gasteiger partial charge >= 0.3 is 5.97 Å². The summed E-state index contributed by atoms with van der Waals surface area (Å²) in [5.74, 6) is 1.29. The normalized spacial score (nSPS) is 19.5. The van der Waals surface area contributed by atoms with Crippen LogP contribution in [0.15, 0.2) is 36.5 Å². The maximum Gasteiger partial charge on any atom is 0.338 e. The molecule has 1 aromatic heterocycles.